The molecule has 2 rings (SSSR count). The molecule has 1 aromatic rings. The molecule has 16 heavy (non-hydrogen) atoms. The molecule has 0 saturated carbocycles. The molecule has 88 valence electrons. The molecule has 0 unspecified atom stereocenters. The molecular weight excluding hydrogens is 214 g/mol. The van der Waals surface area contributed by atoms with Crippen LogP contribution in [0.2, 0.25) is 0 Å². The van der Waals surface area contributed by atoms with Crippen molar-refractivity contribution in [2.45, 2.75) is 38.8 Å². The van der Waals surface area contributed by atoms with E-state index < -0.39 is 0 Å². The Hall–Kier alpha value is -0.470. The molecule has 0 radical (unpaired) electrons. The maximum atomic E-state index is 3.76. The summed E-state index contributed by atoms with van der Waals surface area (Å²) in [7, 11) is 0. The molecule has 0 aromatic heterocycles. The van der Waals surface area contributed by atoms with Gasteiger partial charge in [0.1, 0.15) is 0 Å². The van der Waals surface area contributed by atoms with Crippen LogP contribution in [-0.2, 0) is 0 Å². The van der Waals surface area contributed by atoms with Crippen LogP contribution < -0.4 is 5.32 Å². The fourth-order valence-corrected chi connectivity index (χ4v) is 3.49. The van der Waals surface area contributed by atoms with E-state index in [1.165, 1.54) is 35.5 Å². The van der Waals surface area contributed by atoms with E-state index >= 15 is 0 Å². The second-order valence-corrected chi connectivity index (χ2v) is 5.86. The highest BCUT2D eigenvalue weighted by Gasteiger charge is 2.16. The van der Waals surface area contributed by atoms with Gasteiger partial charge in [0.2, 0.25) is 0 Å². The lowest BCUT2D eigenvalue weighted by molar-refractivity contribution is 0.430. The molecule has 1 aliphatic rings. The molecule has 1 nitrogen and oxygen atoms in total. The van der Waals surface area contributed by atoms with Crippen LogP contribution in [0.3, 0.4) is 0 Å². The van der Waals surface area contributed by atoms with Gasteiger partial charge in [-0.3, -0.25) is 0 Å². The molecule has 0 amide bonds. The molecular formula is C14H21NS. The van der Waals surface area contributed by atoms with Crippen LogP contribution in [-0.4, -0.2) is 17.5 Å². The molecule has 1 heterocycles. The van der Waals surface area contributed by atoms with Crippen molar-refractivity contribution in [2.24, 2.45) is 0 Å². The highest BCUT2D eigenvalue weighted by molar-refractivity contribution is 7.99. The smallest absolute Gasteiger partial charge is 0.0296 e. The molecule has 1 fully saturated rings. The van der Waals surface area contributed by atoms with E-state index in [0.29, 0.717) is 6.04 Å². The van der Waals surface area contributed by atoms with E-state index in [0.717, 1.165) is 6.04 Å². The minimum absolute atomic E-state index is 0.481. The second kappa shape index (κ2) is 5.74. The Bertz CT molecular complexity index is 331. The Morgan fingerprint density at radius 3 is 2.62 bits per heavy atom. The van der Waals surface area contributed by atoms with E-state index in [4.69, 9.17) is 0 Å². The van der Waals surface area contributed by atoms with Crippen LogP contribution in [0.1, 0.15) is 36.9 Å². The Morgan fingerprint density at radius 1 is 1.25 bits per heavy atom. The fraction of sp³-hybridized carbons (Fsp3) is 0.571. The van der Waals surface area contributed by atoms with Gasteiger partial charge in [0, 0.05) is 12.1 Å². The van der Waals surface area contributed by atoms with Gasteiger partial charge in [0.05, 0.1) is 0 Å². The average molecular weight is 235 g/mol. The van der Waals surface area contributed by atoms with Crippen LogP contribution in [0, 0.1) is 6.92 Å². The van der Waals surface area contributed by atoms with Crippen LogP contribution in [0.5, 0.6) is 0 Å². The van der Waals surface area contributed by atoms with E-state index in [1.807, 2.05) is 0 Å². The first-order chi connectivity index (χ1) is 7.77. The number of rotatable bonds is 3. The monoisotopic (exact) mass is 235 g/mol. The van der Waals surface area contributed by atoms with Gasteiger partial charge < -0.3 is 5.32 Å². The summed E-state index contributed by atoms with van der Waals surface area (Å²) in [6, 6.07) is 9.89. The Kier molecular flexibility index (Phi) is 4.30. The number of hydrogen-bond donors (Lipinski definition) is 1. The number of hydrogen-bond acceptors (Lipinski definition) is 2. The molecule has 1 atom stereocenters. The molecule has 0 spiro atoms. The summed E-state index contributed by atoms with van der Waals surface area (Å²) in [5.41, 5.74) is 2.84. The highest BCUT2D eigenvalue weighted by atomic mass is 32.2. The summed E-state index contributed by atoms with van der Waals surface area (Å²) in [6.07, 6.45) is 2.64. The van der Waals surface area contributed by atoms with Gasteiger partial charge in [-0.1, -0.05) is 24.3 Å². The number of thioether (sulfide) groups is 1. The van der Waals surface area contributed by atoms with E-state index in [2.05, 4.69) is 55.2 Å². The van der Waals surface area contributed by atoms with Crippen molar-refractivity contribution >= 4 is 11.8 Å². The van der Waals surface area contributed by atoms with Gasteiger partial charge in [-0.05, 0) is 49.3 Å². The summed E-state index contributed by atoms with van der Waals surface area (Å²) in [6.45, 7) is 4.48. The van der Waals surface area contributed by atoms with Gasteiger partial charge in [0.25, 0.3) is 0 Å². The molecule has 1 saturated heterocycles. The maximum absolute atomic E-state index is 3.76. The summed E-state index contributed by atoms with van der Waals surface area (Å²) in [5, 5.41) is 3.76. The summed E-state index contributed by atoms with van der Waals surface area (Å²) >= 11 is 2.08. The first kappa shape index (κ1) is 12.0. The predicted octanol–water partition coefficient (Wildman–Crippen LogP) is 3.54. The molecule has 1 N–H and O–H groups in total. The Labute approximate surface area is 103 Å². The Balaban J connectivity index is 1.96. The SMILES string of the molecule is Cc1ccccc1[C@@H](C)NC1CCSCC1. The van der Waals surface area contributed by atoms with Crippen molar-refractivity contribution in [3.63, 3.8) is 0 Å². The largest absolute Gasteiger partial charge is 0.307 e. The van der Waals surface area contributed by atoms with Crippen molar-refractivity contribution in [3.05, 3.63) is 35.4 Å². The van der Waals surface area contributed by atoms with Crippen molar-refractivity contribution in [2.75, 3.05) is 11.5 Å². The third-order valence-electron chi connectivity index (χ3n) is 3.36. The van der Waals surface area contributed by atoms with Gasteiger partial charge in [-0.15, -0.1) is 0 Å². The standard InChI is InChI=1S/C14H21NS/c1-11-5-3-4-6-14(11)12(2)15-13-7-9-16-10-8-13/h3-6,12-13,15H,7-10H2,1-2H3/t12-/m1/s1. The first-order valence-corrected chi connectivity index (χ1v) is 7.32. The minimum Gasteiger partial charge on any atom is -0.307 e. The van der Waals surface area contributed by atoms with E-state index in [1.54, 1.807) is 0 Å². The zero-order chi connectivity index (χ0) is 11.4. The first-order valence-electron chi connectivity index (χ1n) is 6.16. The third kappa shape index (κ3) is 3.02. The highest BCUT2D eigenvalue weighted by Crippen LogP contribution is 2.22. The van der Waals surface area contributed by atoms with Crippen LogP contribution in [0.25, 0.3) is 0 Å². The van der Waals surface area contributed by atoms with Gasteiger partial charge in [0.15, 0.2) is 0 Å². The summed E-state index contributed by atoms with van der Waals surface area (Å²) < 4.78 is 0. The van der Waals surface area contributed by atoms with Gasteiger partial charge in [-0.2, -0.15) is 11.8 Å². The minimum atomic E-state index is 0.481. The van der Waals surface area contributed by atoms with Gasteiger partial charge >= 0.3 is 0 Å². The van der Waals surface area contributed by atoms with Crippen molar-refractivity contribution in [1.29, 1.82) is 0 Å². The van der Waals surface area contributed by atoms with Crippen molar-refractivity contribution < 1.29 is 0 Å². The lowest BCUT2D eigenvalue weighted by Gasteiger charge is -2.27. The number of benzene rings is 1. The quantitative estimate of drug-likeness (QED) is 0.860. The number of aryl methyl sites for hydroxylation is 1. The number of nitrogens with one attached hydrogen (secondary N) is 1. The molecule has 0 aliphatic carbocycles. The predicted molar refractivity (Wildman–Crippen MR) is 73.1 cm³/mol. The van der Waals surface area contributed by atoms with E-state index in [9.17, 15) is 0 Å². The molecule has 1 aliphatic heterocycles. The molecule has 1 aromatic carbocycles. The van der Waals surface area contributed by atoms with Gasteiger partial charge in [-0.25, -0.2) is 0 Å². The topological polar surface area (TPSA) is 12.0 Å². The second-order valence-electron chi connectivity index (χ2n) is 4.63. The molecule has 0 bridgehead atoms. The normalized spacial score (nSPS) is 19.6. The zero-order valence-corrected chi connectivity index (χ0v) is 11.0. The van der Waals surface area contributed by atoms with Crippen LogP contribution in [0.15, 0.2) is 24.3 Å². The zero-order valence-electron chi connectivity index (χ0n) is 10.2. The maximum Gasteiger partial charge on any atom is 0.0296 e. The lowest BCUT2D eigenvalue weighted by atomic mass is 10.0. The van der Waals surface area contributed by atoms with Crippen LogP contribution >= 0.6 is 11.8 Å². The molecule has 2 heteroatoms. The lowest BCUT2D eigenvalue weighted by Crippen LogP contribution is -2.34. The summed E-state index contributed by atoms with van der Waals surface area (Å²) in [5.74, 6) is 2.64. The Morgan fingerprint density at radius 2 is 1.94 bits per heavy atom. The fourth-order valence-electron chi connectivity index (χ4n) is 2.38. The van der Waals surface area contributed by atoms with Crippen molar-refractivity contribution in [1.82, 2.24) is 5.32 Å². The summed E-state index contributed by atoms with van der Waals surface area (Å²) in [4.78, 5) is 0. The van der Waals surface area contributed by atoms with Crippen LogP contribution in [0.4, 0.5) is 0 Å². The van der Waals surface area contributed by atoms with E-state index in [-0.39, 0.29) is 0 Å². The third-order valence-corrected chi connectivity index (χ3v) is 4.41. The van der Waals surface area contributed by atoms with Crippen molar-refractivity contribution in [3.8, 4) is 0 Å². The average Bonchev–Trinajstić information content (AvgIpc) is 2.31.